The normalized spacial score (nSPS) is 23.9. The third kappa shape index (κ3) is 4.62. The molecule has 0 amide bonds. The van der Waals surface area contributed by atoms with E-state index < -0.39 is 0 Å². The van der Waals surface area contributed by atoms with Crippen LogP contribution in [0.2, 0.25) is 0 Å². The summed E-state index contributed by atoms with van der Waals surface area (Å²) in [5.74, 6) is 1.77. The first-order valence-electron chi connectivity index (χ1n) is 6.74. The van der Waals surface area contributed by atoms with Crippen LogP contribution in [0.25, 0.3) is 0 Å². The predicted molar refractivity (Wildman–Crippen MR) is 77.0 cm³/mol. The molecule has 2 nitrogen and oxygen atoms in total. The third-order valence-corrected chi connectivity index (χ3v) is 3.96. The Morgan fingerprint density at radius 1 is 1.17 bits per heavy atom. The minimum absolute atomic E-state index is 0.451. The summed E-state index contributed by atoms with van der Waals surface area (Å²) < 4.78 is 12.5. The molecular weight excluding hydrogens is 292 g/mol. The van der Waals surface area contributed by atoms with E-state index in [4.69, 9.17) is 9.47 Å². The first-order valence-corrected chi connectivity index (χ1v) is 7.53. The SMILES string of the molecule is CC1CCC(OCCOc2cccc(Br)c2)CC1. The maximum absolute atomic E-state index is 5.85. The Morgan fingerprint density at radius 3 is 2.67 bits per heavy atom. The lowest BCUT2D eigenvalue weighted by atomic mass is 9.89. The second kappa shape index (κ2) is 7.15. The smallest absolute Gasteiger partial charge is 0.120 e. The summed E-state index contributed by atoms with van der Waals surface area (Å²) in [5, 5.41) is 0. The standard InChI is InChI=1S/C15H21BrO2/c1-12-5-7-14(8-6-12)17-9-10-18-15-4-2-3-13(16)11-15/h2-4,11-12,14H,5-10H2,1H3. The van der Waals surface area contributed by atoms with Crippen LogP contribution in [0, 0.1) is 5.92 Å². The lowest BCUT2D eigenvalue weighted by Gasteiger charge is -2.26. The summed E-state index contributed by atoms with van der Waals surface area (Å²) in [6.45, 7) is 3.64. The van der Waals surface area contributed by atoms with Gasteiger partial charge in [-0.3, -0.25) is 0 Å². The van der Waals surface area contributed by atoms with Gasteiger partial charge in [0.1, 0.15) is 12.4 Å². The maximum Gasteiger partial charge on any atom is 0.120 e. The van der Waals surface area contributed by atoms with Gasteiger partial charge in [0.2, 0.25) is 0 Å². The van der Waals surface area contributed by atoms with E-state index >= 15 is 0 Å². The van der Waals surface area contributed by atoms with Gasteiger partial charge < -0.3 is 9.47 Å². The maximum atomic E-state index is 5.85. The van der Waals surface area contributed by atoms with E-state index in [9.17, 15) is 0 Å². The highest BCUT2D eigenvalue weighted by Gasteiger charge is 2.18. The summed E-state index contributed by atoms with van der Waals surface area (Å²) in [6, 6.07) is 7.91. The van der Waals surface area contributed by atoms with E-state index in [0.29, 0.717) is 19.3 Å². The Kier molecular flexibility index (Phi) is 5.51. The number of ether oxygens (including phenoxy) is 2. The largest absolute Gasteiger partial charge is 0.491 e. The predicted octanol–water partition coefficient (Wildman–Crippen LogP) is 4.42. The van der Waals surface area contributed by atoms with E-state index in [1.807, 2.05) is 24.3 Å². The molecule has 1 saturated carbocycles. The fourth-order valence-corrected chi connectivity index (χ4v) is 2.71. The highest BCUT2D eigenvalue weighted by Crippen LogP contribution is 2.25. The Hall–Kier alpha value is -0.540. The molecule has 1 aromatic rings. The van der Waals surface area contributed by atoms with Gasteiger partial charge in [0.05, 0.1) is 12.7 Å². The van der Waals surface area contributed by atoms with Crippen molar-refractivity contribution in [2.45, 2.75) is 38.7 Å². The van der Waals surface area contributed by atoms with Crippen LogP contribution in [0.1, 0.15) is 32.6 Å². The second-order valence-electron chi connectivity index (χ2n) is 5.06. The van der Waals surface area contributed by atoms with Gasteiger partial charge in [-0.25, -0.2) is 0 Å². The average molecular weight is 313 g/mol. The van der Waals surface area contributed by atoms with Crippen LogP contribution >= 0.6 is 15.9 Å². The van der Waals surface area contributed by atoms with Crippen molar-refractivity contribution in [3.8, 4) is 5.75 Å². The molecule has 1 aromatic carbocycles. The summed E-state index contributed by atoms with van der Waals surface area (Å²) in [5.41, 5.74) is 0. The van der Waals surface area contributed by atoms with E-state index in [1.54, 1.807) is 0 Å². The van der Waals surface area contributed by atoms with Crippen LogP contribution in [0.4, 0.5) is 0 Å². The van der Waals surface area contributed by atoms with E-state index in [1.165, 1.54) is 25.7 Å². The molecule has 0 heterocycles. The van der Waals surface area contributed by atoms with Crippen LogP contribution in [-0.2, 0) is 4.74 Å². The number of hydrogen-bond donors (Lipinski definition) is 0. The van der Waals surface area contributed by atoms with Crippen molar-refractivity contribution in [2.75, 3.05) is 13.2 Å². The Labute approximate surface area is 118 Å². The lowest BCUT2D eigenvalue weighted by molar-refractivity contribution is 0.00570. The monoisotopic (exact) mass is 312 g/mol. The molecule has 3 heteroatoms. The fraction of sp³-hybridized carbons (Fsp3) is 0.600. The van der Waals surface area contributed by atoms with Crippen LogP contribution in [-0.4, -0.2) is 19.3 Å². The van der Waals surface area contributed by atoms with Crippen molar-refractivity contribution in [3.05, 3.63) is 28.7 Å². The first-order chi connectivity index (χ1) is 8.74. The number of hydrogen-bond acceptors (Lipinski definition) is 2. The number of halogens is 1. The highest BCUT2D eigenvalue weighted by atomic mass is 79.9. The van der Waals surface area contributed by atoms with Crippen LogP contribution < -0.4 is 4.74 Å². The van der Waals surface area contributed by atoms with Gasteiger partial charge in [0.15, 0.2) is 0 Å². The minimum Gasteiger partial charge on any atom is -0.491 e. The Bertz CT molecular complexity index is 359. The Morgan fingerprint density at radius 2 is 1.94 bits per heavy atom. The molecule has 0 aliphatic heterocycles. The quantitative estimate of drug-likeness (QED) is 0.749. The second-order valence-corrected chi connectivity index (χ2v) is 5.97. The summed E-state index contributed by atoms with van der Waals surface area (Å²) >= 11 is 3.43. The molecule has 0 radical (unpaired) electrons. The van der Waals surface area contributed by atoms with E-state index in [-0.39, 0.29) is 0 Å². The summed E-state index contributed by atoms with van der Waals surface area (Å²) in [7, 11) is 0. The van der Waals surface area contributed by atoms with Crippen molar-refractivity contribution in [1.29, 1.82) is 0 Å². The van der Waals surface area contributed by atoms with Crippen molar-refractivity contribution in [1.82, 2.24) is 0 Å². The first kappa shape index (κ1) is 13.9. The molecule has 1 aliphatic carbocycles. The lowest BCUT2D eigenvalue weighted by Crippen LogP contribution is -2.22. The third-order valence-electron chi connectivity index (χ3n) is 3.46. The van der Waals surface area contributed by atoms with Crippen molar-refractivity contribution >= 4 is 15.9 Å². The van der Waals surface area contributed by atoms with E-state index in [0.717, 1.165) is 16.1 Å². The molecule has 1 fully saturated rings. The van der Waals surface area contributed by atoms with Gasteiger partial charge in [-0.15, -0.1) is 0 Å². The number of rotatable bonds is 5. The van der Waals surface area contributed by atoms with Crippen molar-refractivity contribution < 1.29 is 9.47 Å². The molecule has 0 unspecified atom stereocenters. The zero-order valence-electron chi connectivity index (χ0n) is 10.9. The van der Waals surface area contributed by atoms with Crippen LogP contribution in [0.3, 0.4) is 0 Å². The Balaban J connectivity index is 1.61. The van der Waals surface area contributed by atoms with Gasteiger partial charge in [0, 0.05) is 4.47 Å². The summed E-state index contributed by atoms with van der Waals surface area (Å²) in [4.78, 5) is 0. The molecular formula is C15H21BrO2. The van der Waals surface area contributed by atoms with Gasteiger partial charge in [0.25, 0.3) is 0 Å². The van der Waals surface area contributed by atoms with E-state index in [2.05, 4.69) is 22.9 Å². The molecule has 2 rings (SSSR count). The summed E-state index contributed by atoms with van der Waals surface area (Å²) in [6.07, 6.45) is 5.47. The molecule has 0 saturated heterocycles. The molecule has 1 aliphatic rings. The molecule has 0 spiro atoms. The number of benzene rings is 1. The van der Waals surface area contributed by atoms with Crippen molar-refractivity contribution in [2.24, 2.45) is 5.92 Å². The van der Waals surface area contributed by atoms with Gasteiger partial charge in [-0.05, 0) is 49.8 Å². The molecule has 0 bridgehead atoms. The zero-order chi connectivity index (χ0) is 12.8. The van der Waals surface area contributed by atoms with Gasteiger partial charge in [-0.2, -0.15) is 0 Å². The average Bonchev–Trinajstić information content (AvgIpc) is 2.37. The van der Waals surface area contributed by atoms with Crippen molar-refractivity contribution in [3.63, 3.8) is 0 Å². The molecule has 18 heavy (non-hydrogen) atoms. The fourth-order valence-electron chi connectivity index (χ4n) is 2.33. The van der Waals surface area contributed by atoms with Gasteiger partial charge in [-0.1, -0.05) is 28.9 Å². The molecule has 100 valence electrons. The molecule has 0 aromatic heterocycles. The molecule has 0 N–H and O–H groups in total. The minimum atomic E-state index is 0.451. The zero-order valence-corrected chi connectivity index (χ0v) is 12.5. The van der Waals surface area contributed by atoms with Gasteiger partial charge >= 0.3 is 0 Å². The topological polar surface area (TPSA) is 18.5 Å². The van der Waals surface area contributed by atoms with Crippen LogP contribution in [0.15, 0.2) is 28.7 Å². The van der Waals surface area contributed by atoms with Crippen LogP contribution in [0.5, 0.6) is 5.75 Å². The highest BCUT2D eigenvalue weighted by molar-refractivity contribution is 9.10. The molecule has 0 atom stereocenters.